The number of hydrogen-bond donors (Lipinski definition) is 2. The molecule has 4 nitrogen and oxygen atoms in total. The van der Waals surface area contributed by atoms with Crippen LogP contribution < -0.4 is 5.32 Å². The number of aliphatic carboxylic acids is 1. The average Bonchev–Trinajstić information content (AvgIpc) is 2.72. The van der Waals surface area contributed by atoms with Crippen molar-refractivity contribution >= 4 is 29.3 Å². The third kappa shape index (κ3) is 3.48. The van der Waals surface area contributed by atoms with Crippen molar-refractivity contribution in [1.29, 1.82) is 0 Å². The Morgan fingerprint density at radius 3 is 2.75 bits per heavy atom. The first kappa shape index (κ1) is 14.8. The fourth-order valence-corrected chi connectivity index (χ4v) is 3.25. The van der Waals surface area contributed by atoms with Crippen molar-refractivity contribution in [3.05, 3.63) is 27.5 Å². The van der Waals surface area contributed by atoms with Crippen LogP contribution in [0, 0.1) is 12.3 Å². The van der Waals surface area contributed by atoms with Gasteiger partial charge >= 0.3 is 5.97 Å². The van der Waals surface area contributed by atoms with E-state index in [0.29, 0.717) is 11.4 Å². The fourth-order valence-electron chi connectivity index (χ4n) is 2.26. The summed E-state index contributed by atoms with van der Waals surface area (Å²) in [5.74, 6) is -1.05. The zero-order chi connectivity index (χ0) is 14.8. The van der Waals surface area contributed by atoms with Crippen LogP contribution in [0.25, 0.3) is 6.08 Å². The predicted molar refractivity (Wildman–Crippen MR) is 80.0 cm³/mol. The van der Waals surface area contributed by atoms with Crippen LogP contribution in [0.4, 0.5) is 0 Å². The smallest absolute Gasteiger partial charge is 0.328 e. The molecule has 108 valence electrons. The third-order valence-electron chi connectivity index (χ3n) is 3.79. The summed E-state index contributed by atoms with van der Waals surface area (Å²) < 4.78 is 0. The van der Waals surface area contributed by atoms with E-state index in [9.17, 15) is 9.59 Å². The molecular weight excluding hydrogens is 274 g/mol. The summed E-state index contributed by atoms with van der Waals surface area (Å²) in [5, 5.41) is 11.6. The Morgan fingerprint density at radius 1 is 1.50 bits per heavy atom. The van der Waals surface area contributed by atoms with Crippen LogP contribution in [0.1, 0.15) is 46.3 Å². The van der Waals surface area contributed by atoms with Crippen LogP contribution in [-0.4, -0.2) is 23.5 Å². The Balaban J connectivity index is 1.99. The van der Waals surface area contributed by atoms with E-state index in [1.807, 2.05) is 13.0 Å². The highest BCUT2D eigenvalue weighted by Gasteiger charge is 2.32. The number of aryl methyl sites for hydroxylation is 1. The molecule has 1 heterocycles. The van der Waals surface area contributed by atoms with Crippen molar-refractivity contribution in [2.75, 3.05) is 6.54 Å². The lowest BCUT2D eigenvalue weighted by Gasteiger charge is -2.38. The Morgan fingerprint density at radius 2 is 2.20 bits per heavy atom. The molecule has 0 spiro atoms. The predicted octanol–water partition coefficient (Wildman–Crippen LogP) is 3.07. The fraction of sp³-hybridized carbons (Fsp3) is 0.467. The first-order chi connectivity index (χ1) is 9.39. The molecule has 0 aliphatic heterocycles. The summed E-state index contributed by atoms with van der Waals surface area (Å²) in [6.07, 6.45) is 6.21. The van der Waals surface area contributed by atoms with Crippen LogP contribution in [0.2, 0.25) is 0 Å². The molecule has 5 heteroatoms. The van der Waals surface area contributed by atoms with Crippen molar-refractivity contribution in [2.45, 2.75) is 33.1 Å². The standard InChI is InChI=1S/C15H19NO3S/c1-10-8-12(20-11(10)4-5-13(17)18)14(19)16-9-15(2)6-3-7-15/h4-5,8H,3,6-7,9H2,1-2H3,(H,16,19)(H,17,18)/b5-4+. The van der Waals surface area contributed by atoms with Gasteiger partial charge in [-0.1, -0.05) is 13.3 Å². The Kier molecular flexibility index (Phi) is 4.28. The first-order valence-corrected chi connectivity index (χ1v) is 7.51. The zero-order valence-corrected chi connectivity index (χ0v) is 12.5. The van der Waals surface area contributed by atoms with Crippen molar-refractivity contribution in [1.82, 2.24) is 5.32 Å². The number of carbonyl (C=O) groups excluding carboxylic acids is 1. The number of nitrogens with one attached hydrogen (secondary N) is 1. The molecule has 1 saturated carbocycles. The van der Waals surface area contributed by atoms with Gasteiger partial charge < -0.3 is 10.4 Å². The van der Waals surface area contributed by atoms with Gasteiger partial charge in [0.05, 0.1) is 4.88 Å². The molecule has 1 aromatic heterocycles. The maximum absolute atomic E-state index is 12.1. The lowest BCUT2D eigenvalue weighted by atomic mass is 9.70. The molecule has 1 aliphatic carbocycles. The van der Waals surface area contributed by atoms with Crippen LogP contribution in [0.15, 0.2) is 12.1 Å². The van der Waals surface area contributed by atoms with Gasteiger partial charge in [0.2, 0.25) is 0 Å². The molecule has 0 unspecified atom stereocenters. The zero-order valence-electron chi connectivity index (χ0n) is 11.7. The summed E-state index contributed by atoms with van der Waals surface area (Å²) in [7, 11) is 0. The van der Waals surface area contributed by atoms with Crippen molar-refractivity contribution < 1.29 is 14.7 Å². The van der Waals surface area contributed by atoms with Gasteiger partial charge in [-0.05, 0) is 42.9 Å². The van der Waals surface area contributed by atoms with Crippen LogP contribution in [-0.2, 0) is 4.79 Å². The van der Waals surface area contributed by atoms with Gasteiger partial charge in [0, 0.05) is 17.5 Å². The number of carboxylic acids is 1. The average molecular weight is 293 g/mol. The Hall–Kier alpha value is -1.62. The number of amides is 1. The summed E-state index contributed by atoms with van der Waals surface area (Å²) in [4.78, 5) is 24.1. The van der Waals surface area contributed by atoms with Gasteiger partial charge in [-0.3, -0.25) is 4.79 Å². The molecule has 0 bridgehead atoms. The number of carbonyl (C=O) groups is 2. The van der Waals surface area contributed by atoms with Gasteiger partial charge in [0.1, 0.15) is 0 Å². The number of thiophene rings is 1. The minimum Gasteiger partial charge on any atom is -0.478 e. The minimum absolute atomic E-state index is 0.0683. The lowest BCUT2D eigenvalue weighted by molar-refractivity contribution is -0.131. The molecule has 0 aromatic carbocycles. The molecule has 0 atom stereocenters. The summed E-state index contributed by atoms with van der Waals surface area (Å²) in [6, 6.07) is 1.81. The Labute approximate surface area is 122 Å². The third-order valence-corrected chi connectivity index (χ3v) is 4.99. The molecule has 0 saturated heterocycles. The highest BCUT2D eigenvalue weighted by atomic mass is 32.1. The number of carboxylic acid groups (broad SMARTS) is 1. The second kappa shape index (κ2) is 5.79. The molecule has 2 N–H and O–H groups in total. The monoisotopic (exact) mass is 293 g/mol. The Bertz CT molecular complexity index is 555. The van der Waals surface area contributed by atoms with Crippen LogP contribution in [0.5, 0.6) is 0 Å². The summed E-state index contributed by atoms with van der Waals surface area (Å²) >= 11 is 1.32. The molecule has 1 fully saturated rings. The molecule has 0 radical (unpaired) electrons. The van der Waals surface area contributed by atoms with E-state index < -0.39 is 5.97 Å². The first-order valence-electron chi connectivity index (χ1n) is 6.69. The summed E-state index contributed by atoms with van der Waals surface area (Å²) in [6.45, 7) is 4.78. The molecule has 2 rings (SSSR count). The van der Waals surface area contributed by atoms with E-state index in [1.165, 1.54) is 36.7 Å². The topological polar surface area (TPSA) is 66.4 Å². The maximum Gasteiger partial charge on any atom is 0.328 e. The second-order valence-electron chi connectivity index (χ2n) is 5.68. The highest BCUT2D eigenvalue weighted by molar-refractivity contribution is 7.15. The van der Waals surface area contributed by atoms with Gasteiger partial charge in [-0.25, -0.2) is 4.79 Å². The molecule has 1 amide bonds. The van der Waals surface area contributed by atoms with Gasteiger partial charge in [-0.15, -0.1) is 11.3 Å². The van der Waals surface area contributed by atoms with E-state index in [4.69, 9.17) is 5.11 Å². The van der Waals surface area contributed by atoms with E-state index in [0.717, 1.165) is 16.5 Å². The van der Waals surface area contributed by atoms with E-state index in [2.05, 4.69) is 12.2 Å². The largest absolute Gasteiger partial charge is 0.478 e. The molecule has 20 heavy (non-hydrogen) atoms. The van der Waals surface area contributed by atoms with Crippen LogP contribution in [0.3, 0.4) is 0 Å². The minimum atomic E-state index is -0.985. The normalized spacial score (nSPS) is 16.9. The van der Waals surface area contributed by atoms with Gasteiger partial charge in [-0.2, -0.15) is 0 Å². The van der Waals surface area contributed by atoms with E-state index >= 15 is 0 Å². The quantitative estimate of drug-likeness (QED) is 0.820. The highest BCUT2D eigenvalue weighted by Crippen LogP contribution is 2.39. The van der Waals surface area contributed by atoms with E-state index in [-0.39, 0.29) is 11.3 Å². The maximum atomic E-state index is 12.1. The van der Waals surface area contributed by atoms with E-state index in [1.54, 1.807) is 0 Å². The van der Waals surface area contributed by atoms with Crippen LogP contribution >= 0.6 is 11.3 Å². The molecule has 1 aromatic rings. The molecular formula is C15H19NO3S. The second-order valence-corrected chi connectivity index (χ2v) is 6.76. The van der Waals surface area contributed by atoms with Crippen molar-refractivity contribution in [3.8, 4) is 0 Å². The van der Waals surface area contributed by atoms with Crippen molar-refractivity contribution in [3.63, 3.8) is 0 Å². The van der Waals surface area contributed by atoms with Gasteiger partial charge in [0.25, 0.3) is 5.91 Å². The molecule has 1 aliphatic rings. The lowest BCUT2D eigenvalue weighted by Crippen LogP contribution is -2.39. The number of hydrogen-bond acceptors (Lipinski definition) is 3. The SMILES string of the molecule is Cc1cc(C(=O)NCC2(C)CCC2)sc1/C=C/C(=O)O. The van der Waals surface area contributed by atoms with Crippen molar-refractivity contribution in [2.24, 2.45) is 5.41 Å². The van der Waals surface area contributed by atoms with Gasteiger partial charge in [0.15, 0.2) is 0 Å². The number of rotatable bonds is 5. The summed E-state index contributed by atoms with van der Waals surface area (Å²) in [5.41, 5.74) is 1.18.